The summed E-state index contributed by atoms with van der Waals surface area (Å²) in [5.74, 6) is -7.56. The predicted octanol–water partition coefficient (Wildman–Crippen LogP) is -2.98. The van der Waals surface area contributed by atoms with Crippen LogP contribution in [0.4, 0.5) is 0 Å². The lowest BCUT2D eigenvalue weighted by molar-refractivity contribution is -0.140. The predicted molar refractivity (Wildman–Crippen MR) is 284 cm³/mol. The molecule has 0 unspecified atom stereocenters. The lowest BCUT2D eigenvalue weighted by atomic mass is 10.00. The fourth-order valence-electron chi connectivity index (χ4n) is 8.66. The number of hydrogen-bond acceptors (Lipinski definition) is 14. The zero-order chi connectivity index (χ0) is 57.0. The zero-order valence-corrected chi connectivity index (χ0v) is 44.5. The minimum Gasteiger partial charge on any atom is -0.370 e. The molecule has 0 saturated carbocycles. The summed E-state index contributed by atoms with van der Waals surface area (Å²) in [5, 5.41) is 28.9. The third kappa shape index (κ3) is 22.7. The number of rotatable bonds is 35. The highest BCUT2D eigenvalue weighted by Gasteiger charge is 2.37. The second kappa shape index (κ2) is 33.5. The molecule has 26 heteroatoms. The van der Waals surface area contributed by atoms with Crippen molar-refractivity contribution in [3.8, 4) is 0 Å². The summed E-state index contributed by atoms with van der Waals surface area (Å²) in [7, 11) is 0. The molecule has 426 valence electrons. The van der Waals surface area contributed by atoms with Gasteiger partial charge in [0.25, 0.3) is 11.8 Å². The Hall–Kier alpha value is -7.48. The molecule has 0 aliphatic carbocycles. The van der Waals surface area contributed by atoms with Gasteiger partial charge in [0.2, 0.25) is 53.2 Å². The number of nitrogens with zero attached hydrogens (tertiary/aromatic N) is 2. The third-order valence-corrected chi connectivity index (χ3v) is 12.8. The Balaban J connectivity index is 1.79. The Morgan fingerprint density at radius 3 is 1.69 bits per heavy atom. The van der Waals surface area contributed by atoms with E-state index in [1.54, 1.807) is 30.3 Å². The summed E-state index contributed by atoms with van der Waals surface area (Å²) in [5.41, 5.74) is 23.0. The number of carbonyl (C=O) groups excluding carboxylic acids is 11. The number of imide groups is 1. The van der Waals surface area contributed by atoms with Crippen LogP contribution in [0.25, 0.3) is 0 Å². The van der Waals surface area contributed by atoms with E-state index in [9.17, 15) is 52.7 Å². The number of nitrogens with one attached hydrogen (secondary N) is 9. The Morgan fingerprint density at radius 1 is 0.636 bits per heavy atom. The second-order valence-electron chi connectivity index (χ2n) is 19.6. The number of likely N-dealkylation sites (tertiary alicyclic amines) is 1. The number of carbonyl (C=O) groups is 11. The fraction of sp³-hybridized carbons (Fsp3) is 0.608. The van der Waals surface area contributed by atoms with E-state index in [0.717, 1.165) is 17.1 Å². The van der Waals surface area contributed by atoms with Crippen molar-refractivity contribution in [3.05, 3.63) is 48.0 Å². The topological polar surface area (TPSA) is 418 Å². The van der Waals surface area contributed by atoms with Crippen LogP contribution < -0.4 is 65.5 Å². The molecule has 11 amide bonds. The number of hydrogen-bond donors (Lipinski definition) is 13. The largest absolute Gasteiger partial charge is 0.370 e. The minimum absolute atomic E-state index is 0.0242. The smallest absolute Gasteiger partial charge is 0.253 e. The van der Waals surface area contributed by atoms with Crippen LogP contribution in [-0.4, -0.2) is 162 Å². The Labute approximate surface area is 449 Å². The molecule has 2 heterocycles. The molecule has 1 aromatic carbocycles. The normalized spacial score (nSPS) is 16.3. The first-order valence-corrected chi connectivity index (χ1v) is 26.4. The van der Waals surface area contributed by atoms with Crippen molar-refractivity contribution in [2.45, 2.75) is 153 Å². The van der Waals surface area contributed by atoms with Crippen molar-refractivity contribution in [3.63, 3.8) is 0 Å². The van der Waals surface area contributed by atoms with E-state index in [4.69, 9.17) is 28.3 Å². The van der Waals surface area contributed by atoms with Crippen molar-refractivity contribution >= 4 is 70.9 Å². The highest BCUT2D eigenvalue weighted by atomic mass is 16.2. The van der Waals surface area contributed by atoms with Gasteiger partial charge in [-0.15, -0.1) is 0 Å². The molecule has 0 bridgehead atoms. The molecule has 7 atom stereocenters. The van der Waals surface area contributed by atoms with Gasteiger partial charge in [-0.3, -0.25) is 63.0 Å². The van der Waals surface area contributed by atoms with Gasteiger partial charge in [0.05, 0.1) is 6.54 Å². The molecule has 77 heavy (non-hydrogen) atoms. The van der Waals surface area contributed by atoms with Crippen molar-refractivity contribution < 1.29 is 52.7 Å². The average molecular weight is 1080 g/mol. The number of nitrogens with two attached hydrogens (primary N) is 4. The summed E-state index contributed by atoms with van der Waals surface area (Å²) in [6, 6.07) is 0.543. The van der Waals surface area contributed by atoms with E-state index in [1.807, 2.05) is 13.8 Å². The highest BCUT2D eigenvalue weighted by molar-refractivity contribution is 6.13. The molecule has 2 aliphatic heterocycles. The minimum atomic E-state index is -1.32. The van der Waals surface area contributed by atoms with E-state index in [-0.39, 0.29) is 102 Å². The maximum Gasteiger partial charge on any atom is 0.253 e. The van der Waals surface area contributed by atoms with Gasteiger partial charge in [0.1, 0.15) is 42.3 Å². The summed E-state index contributed by atoms with van der Waals surface area (Å²) in [6.07, 6.45) is 5.50. The summed E-state index contributed by atoms with van der Waals surface area (Å²) >= 11 is 0. The van der Waals surface area contributed by atoms with Gasteiger partial charge in [-0.25, -0.2) is 0 Å². The monoisotopic (exact) mass is 1080 g/mol. The molecular weight excluding hydrogens is 999 g/mol. The van der Waals surface area contributed by atoms with Crippen molar-refractivity contribution in [2.24, 2.45) is 28.9 Å². The molecule has 1 fully saturated rings. The SMILES string of the molecule is CC(C)C[C@H](NC(=O)[C@H](CCCCN)NC(=O)[C@H](CCCNC(=N)N)NC(=O)[C@H](CCCCN)NC(=O)[C@H](C)NC(=O)[C@@H]1CCCN1C(=O)CCCN1C(=O)C=CC1=O)C(=O)N[C@@H](Cc1ccccc1)C(=O)NCC(N)=O. The second-order valence-corrected chi connectivity index (χ2v) is 19.6. The number of amides is 11. The van der Waals surface area contributed by atoms with Crippen LogP contribution in [0.5, 0.6) is 0 Å². The van der Waals surface area contributed by atoms with Crippen LogP contribution >= 0.6 is 0 Å². The van der Waals surface area contributed by atoms with Crippen LogP contribution in [0.15, 0.2) is 42.5 Å². The molecule has 0 spiro atoms. The van der Waals surface area contributed by atoms with Crippen LogP contribution in [0, 0.1) is 11.3 Å². The number of guanidine groups is 1. The van der Waals surface area contributed by atoms with Gasteiger partial charge in [-0.2, -0.15) is 0 Å². The molecule has 3 rings (SSSR count). The van der Waals surface area contributed by atoms with Gasteiger partial charge in [0.15, 0.2) is 5.96 Å². The number of primary amides is 1. The Kier molecular flexibility index (Phi) is 27.8. The number of unbranched alkanes of at least 4 members (excludes halogenated alkanes) is 2. The van der Waals surface area contributed by atoms with E-state index < -0.39 is 108 Å². The van der Waals surface area contributed by atoms with Crippen molar-refractivity contribution in [2.75, 3.05) is 39.3 Å². The lowest BCUT2D eigenvalue weighted by Gasteiger charge is -2.28. The summed E-state index contributed by atoms with van der Waals surface area (Å²) < 4.78 is 0. The van der Waals surface area contributed by atoms with Gasteiger partial charge in [-0.1, -0.05) is 44.2 Å². The van der Waals surface area contributed by atoms with Crippen molar-refractivity contribution in [1.29, 1.82) is 5.41 Å². The van der Waals surface area contributed by atoms with Crippen LogP contribution in [-0.2, 0) is 59.2 Å². The van der Waals surface area contributed by atoms with Crippen LogP contribution in [0.1, 0.15) is 110 Å². The molecule has 1 saturated heterocycles. The lowest BCUT2D eigenvalue weighted by Crippen LogP contribution is -2.60. The Morgan fingerprint density at radius 2 is 1.16 bits per heavy atom. The molecule has 0 aromatic heterocycles. The van der Waals surface area contributed by atoms with Crippen LogP contribution in [0.3, 0.4) is 0 Å². The summed E-state index contributed by atoms with van der Waals surface area (Å²) in [4.78, 5) is 148. The maximum atomic E-state index is 14.3. The first kappa shape index (κ1) is 63.8. The molecule has 26 nitrogen and oxygen atoms in total. The fourth-order valence-corrected chi connectivity index (χ4v) is 8.66. The molecule has 2 aliphatic rings. The first-order chi connectivity index (χ1) is 36.6. The molecule has 1 aromatic rings. The zero-order valence-electron chi connectivity index (χ0n) is 44.5. The first-order valence-electron chi connectivity index (χ1n) is 26.4. The maximum absolute atomic E-state index is 14.3. The van der Waals surface area contributed by atoms with Gasteiger partial charge >= 0.3 is 0 Å². The third-order valence-electron chi connectivity index (χ3n) is 12.8. The highest BCUT2D eigenvalue weighted by Crippen LogP contribution is 2.20. The van der Waals surface area contributed by atoms with Crippen molar-refractivity contribution in [1.82, 2.24) is 52.3 Å². The molecular formula is C51H81N15O11. The quantitative estimate of drug-likeness (QED) is 0.0140. The van der Waals surface area contributed by atoms with Gasteiger partial charge in [-0.05, 0) is 109 Å². The standard InChI is InChI=1S/C51H81N15O11/c1-31(2)28-37(49(76)64-38(45(72)58-30-40(54)67)29-33-14-5-4-6-15-33)63-48(75)35(17-8-10-24-53)61-47(74)36(18-11-25-57-51(55)56)62-46(73)34(16-7-9-23-52)60-44(71)32(3)59-50(77)39-19-12-26-65(39)41(68)20-13-27-66-42(69)21-22-43(66)70/h4-6,14-15,21-22,31-32,34-39H,7-13,16-20,23-30,52-53H2,1-3H3,(H2,54,67)(H,58,72)(H,59,77)(H,60,71)(H,61,74)(H,62,73)(H,63,75)(H,64,76)(H4,55,56,57)/t32-,34-,35-,36-,37-,38-,39-/m0/s1. The van der Waals surface area contributed by atoms with Gasteiger partial charge < -0.3 is 70.4 Å². The van der Waals surface area contributed by atoms with E-state index >= 15 is 0 Å². The van der Waals surface area contributed by atoms with Crippen LogP contribution in [0.2, 0.25) is 0 Å². The molecule has 17 N–H and O–H groups in total. The van der Waals surface area contributed by atoms with E-state index in [2.05, 4.69) is 42.5 Å². The van der Waals surface area contributed by atoms with Gasteiger partial charge in [0, 0.05) is 44.6 Å². The van der Waals surface area contributed by atoms with E-state index in [0.29, 0.717) is 44.1 Å². The molecule has 0 radical (unpaired) electrons. The Bertz CT molecular complexity index is 2230. The van der Waals surface area contributed by atoms with E-state index in [1.165, 1.54) is 11.8 Å². The number of benzene rings is 1. The summed E-state index contributed by atoms with van der Waals surface area (Å²) in [6.45, 7) is 5.60. The average Bonchev–Trinajstić information content (AvgIpc) is 4.01.